The highest BCUT2D eigenvalue weighted by Crippen LogP contribution is 2.32. The lowest BCUT2D eigenvalue weighted by atomic mass is 10.1. The number of nitrogens with zero attached hydrogens (tertiary/aromatic N) is 2. The minimum absolute atomic E-state index is 0.115. The molecule has 4 nitrogen and oxygen atoms in total. The first kappa shape index (κ1) is 23.5. The number of hydrogen-bond acceptors (Lipinski definition) is 4. The van der Waals surface area contributed by atoms with Crippen LogP contribution in [0.1, 0.15) is 68.4 Å². The average molecular weight is 471 g/mol. The van der Waals surface area contributed by atoms with Crippen molar-refractivity contribution in [1.82, 2.24) is 9.55 Å². The van der Waals surface area contributed by atoms with Gasteiger partial charge in [-0.05, 0) is 37.5 Å². The minimum Gasteiger partial charge on any atom is -0.330 e. The number of fused-ring (bicyclic) bond motifs is 3. The Morgan fingerprint density at radius 2 is 1.88 bits per heavy atom. The molecule has 0 aliphatic carbocycles. The van der Waals surface area contributed by atoms with Gasteiger partial charge in [0.15, 0.2) is 5.16 Å². The van der Waals surface area contributed by atoms with Crippen LogP contribution in [0.5, 0.6) is 0 Å². The maximum Gasteiger partial charge on any atom is 0.267 e. The maximum absolute atomic E-state index is 13.9. The second kappa shape index (κ2) is 11.0. The highest BCUT2D eigenvalue weighted by molar-refractivity contribution is 7.99. The molecule has 32 heavy (non-hydrogen) atoms. The van der Waals surface area contributed by atoms with E-state index in [0.717, 1.165) is 46.3 Å². The van der Waals surface area contributed by atoms with Gasteiger partial charge in [0.2, 0.25) is 0 Å². The van der Waals surface area contributed by atoms with E-state index in [-0.39, 0.29) is 5.56 Å². The Hall–Kier alpha value is -1.63. The van der Waals surface area contributed by atoms with Crippen LogP contribution in [-0.2, 0) is 13.0 Å². The molecule has 0 saturated carbocycles. The molecule has 172 valence electrons. The van der Waals surface area contributed by atoms with E-state index in [4.69, 9.17) is 4.98 Å². The van der Waals surface area contributed by atoms with Crippen LogP contribution in [0.25, 0.3) is 15.9 Å². The molecule has 2 aromatic heterocycles. The van der Waals surface area contributed by atoms with Gasteiger partial charge in [0.05, 0.1) is 29.0 Å². The summed E-state index contributed by atoms with van der Waals surface area (Å²) in [6.45, 7) is 9.94. The molecule has 1 unspecified atom stereocenters. The van der Waals surface area contributed by atoms with Crippen molar-refractivity contribution in [2.24, 2.45) is 0 Å². The normalized spacial score (nSPS) is 15.9. The molecule has 3 aromatic rings. The van der Waals surface area contributed by atoms with Crippen molar-refractivity contribution in [2.45, 2.75) is 77.4 Å². The lowest BCUT2D eigenvalue weighted by molar-refractivity contribution is -0.915. The number of nitrogens with one attached hydrogen (secondary N) is 1. The fraction of sp³-hybridized carbons (Fsp3) is 0.538. The predicted molar refractivity (Wildman–Crippen MR) is 138 cm³/mol. The highest BCUT2D eigenvalue weighted by atomic mass is 32.2. The molecule has 4 rings (SSSR count). The zero-order chi connectivity index (χ0) is 22.5. The van der Waals surface area contributed by atoms with E-state index < -0.39 is 0 Å². The van der Waals surface area contributed by atoms with Gasteiger partial charge in [0, 0.05) is 12.2 Å². The molecule has 0 amide bonds. The molecular formula is C26H36N3OS2+. The van der Waals surface area contributed by atoms with Gasteiger partial charge >= 0.3 is 0 Å². The van der Waals surface area contributed by atoms with Crippen molar-refractivity contribution in [3.05, 3.63) is 50.6 Å². The number of thiophene rings is 1. The molecule has 1 aromatic carbocycles. The van der Waals surface area contributed by atoms with E-state index in [1.54, 1.807) is 28.0 Å². The molecule has 1 atom stereocenters. The highest BCUT2D eigenvalue weighted by Gasteiger charge is 2.27. The molecule has 3 heterocycles. The summed E-state index contributed by atoms with van der Waals surface area (Å²) in [5.74, 6) is 1.01. The van der Waals surface area contributed by atoms with Crippen molar-refractivity contribution in [2.75, 3.05) is 18.8 Å². The van der Waals surface area contributed by atoms with Gasteiger partial charge in [-0.15, -0.1) is 11.3 Å². The second-order valence-electron chi connectivity index (χ2n) is 8.99. The fourth-order valence-electron chi connectivity index (χ4n) is 4.61. The van der Waals surface area contributed by atoms with Gasteiger partial charge in [0.1, 0.15) is 11.4 Å². The quantitative estimate of drug-likeness (QED) is 0.252. The lowest BCUT2D eigenvalue weighted by Crippen LogP contribution is -3.11. The van der Waals surface area contributed by atoms with Gasteiger partial charge < -0.3 is 4.90 Å². The first-order valence-electron chi connectivity index (χ1n) is 12.2. The maximum atomic E-state index is 13.9. The van der Waals surface area contributed by atoms with E-state index in [2.05, 4.69) is 45.0 Å². The third-order valence-electron chi connectivity index (χ3n) is 6.39. The molecule has 1 aliphatic heterocycles. The number of aromatic nitrogens is 2. The molecule has 6 heteroatoms. The third-order valence-corrected chi connectivity index (χ3v) is 8.54. The predicted octanol–water partition coefficient (Wildman–Crippen LogP) is 5.17. The van der Waals surface area contributed by atoms with E-state index >= 15 is 0 Å². The van der Waals surface area contributed by atoms with Crippen LogP contribution in [0.15, 0.2) is 34.2 Å². The van der Waals surface area contributed by atoms with Crippen LogP contribution in [0.2, 0.25) is 0 Å². The largest absolute Gasteiger partial charge is 0.330 e. The Morgan fingerprint density at radius 3 is 2.62 bits per heavy atom. The molecule has 0 radical (unpaired) electrons. The van der Waals surface area contributed by atoms with Crippen LogP contribution < -0.4 is 10.5 Å². The number of rotatable bonds is 10. The molecule has 0 spiro atoms. The summed E-state index contributed by atoms with van der Waals surface area (Å²) in [5, 5.41) is 1.71. The van der Waals surface area contributed by atoms with E-state index in [0.29, 0.717) is 0 Å². The van der Waals surface area contributed by atoms with E-state index in [1.165, 1.54) is 61.1 Å². The third kappa shape index (κ3) is 5.13. The molecule has 0 bridgehead atoms. The lowest BCUT2D eigenvalue weighted by Gasteiger charge is -2.23. The van der Waals surface area contributed by atoms with Gasteiger partial charge in [-0.2, -0.15) is 0 Å². The summed E-state index contributed by atoms with van der Waals surface area (Å²) in [5.41, 5.74) is 3.51. The molecule has 1 aliphatic rings. The Labute approximate surface area is 200 Å². The number of aryl methyl sites for hydroxylation is 1. The number of unbranched alkanes of at least 4 members (excludes halogenated alkanes) is 4. The molecule has 0 saturated heterocycles. The summed E-state index contributed by atoms with van der Waals surface area (Å²) >= 11 is 3.50. The zero-order valence-electron chi connectivity index (χ0n) is 19.7. The van der Waals surface area contributed by atoms with Crippen LogP contribution in [0, 0.1) is 6.92 Å². The Balaban J connectivity index is 1.71. The summed E-state index contributed by atoms with van der Waals surface area (Å²) < 4.78 is 1.87. The van der Waals surface area contributed by atoms with Crippen molar-refractivity contribution in [1.29, 1.82) is 0 Å². The molecule has 1 N–H and O–H groups in total. The number of hydrogen-bond donors (Lipinski definition) is 1. The van der Waals surface area contributed by atoms with Crippen molar-refractivity contribution >= 4 is 33.3 Å². The second-order valence-corrected chi connectivity index (χ2v) is 11.1. The first-order valence-corrected chi connectivity index (χ1v) is 14.0. The zero-order valence-corrected chi connectivity index (χ0v) is 21.3. The van der Waals surface area contributed by atoms with Crippen LogP contribution in [0.3, 0.4) is 0 Å². The first-order chi connectivity index (χ1) is 15.6. The van der Waals surface area contributed by atoms with Gasteiger partial charge in [-0.1, -0.05) is 69.0 Å². The van der Waals surface area contributed by atoms with E-state index in [9.17, 15) is 4.79 Å². The SMILES string of the molecule is CCCCCCCSc1nc2sc3c(c2c(=O)n1-c1ccc(C)cc1)CC[NH+](CCC)C3. The van der Waals surface area contributed by atoms with Crippen LogP contribution in [0.4, 0.5) is 0 Å². The van der Waals surface area contributed by atoms with Crippen LogP contribution in [-0.4, -0.2) is 28.4 Å². The van der Waals surface area contributed by atoms with Crippen molar-refractivity contribution in [3.8, 4) is 5.69 Å². The van der Waals surface area contributed by atoms with Crippen LogP contribution >= 0.6 is 23.1 Å². The Kier molecular flexibility index (Phi) is 8.08. The van der Waals surface area contributed by atoms with E-state index in [1.807, 2.05) is 4.57 Å². The average Bonchev–Trinajstić information content (AvgIpc) is 3.15. The van der Waals surface area contributed by atoms with Gasteiger partial charge in [-0.25, -0.2) is 4.98 Å². The summed E-state index contributed by atoms with van der Waals surface area (Å²) in [6.07, 6.45) is 8.47. The topological polar surface area (TPSA) is 39.3 Å². The smallest absolute Gasteiger partial charge is 0.267 e. The summed E-state index contributed by atoms with van der Waals surface area (Å²) in [7, 11) is 0. The molecular weight excluding hydrogens is 434 g/mol. The fourth-order valence-corrected chi connectivity index (χ4v) is 6.96. The number of quaternary nitrogens is 1. The molecule has 0 fully saturated rings. The standard InChI is InChI=1S/C26H35N3OS2/c1-4-6-7-8-9-17-31-26-27-24-23(21-14-16-28(15-5-2)18-22(21)32-24)25(30)29(26)20-12-10-19(3)11-13-20/h10-13H,4-9,14-18H2,1-3H3/p+1. The van der Waals surface area contributed by atoms with Gasteiger partial charge in [-0.3, -0.25) is 9.36 Å². The van der Waals surface area contributed by atoms with Crippen molar-refractivity contribution < 1.29 is 4.90 Å². The number of benzene rings is 1. The van der Waals surface area contributed by atoms with Gasteiger partial charge in [0.25, 0.3) is 5.56 Å². The Bertz CT molecular complexity index is 1100. The number of thioether (sulfide) groups is 1. The van der Waals surface area contributed by atoms with Crippen molar-refractivity contribution in [3.63, 3.8) is 0 Å². The monoisotopic (exact) mass is 470 g/mol. The summed E-state index contributed by atoms with van der Waals surface area (Å²) in [6, 6.07) is 8.28. The Morgan fingerprint density at radius 1 is 1.09 bits per heavy atom. The summed E-state index contributed by atoms with van der Waals surface area (Å²) in [4.78, 5) is 22.9. The minimum atomic E-state index is 0.115.